The van der Waals surface area contributed by atoms with Crippen molar-refractivity contribution in [2.45, 2.75) is 37.8 Å². The third kappa shape index (κ3) is 4.56. The Labute approximate surface area is 125 Å². The first-order valence-corrected chi connectivity index (χ1v) is 8.10. The number of hydrogen-bond acceptors (Lipinski definition) is 3. The smallest absolute Gasteiger partial charge is 0.328 e. The summed E-state index contributed by atoms with van der Waals surface area (Å²) in [7, 11) is -3.48. The van der Waals surface area contributed by atoms with Gasteiger partial charge in [-0.3, -0.25) is 0 Å². The molecule has 0 aromatic heterocycles. The van der Waals surface area contributed by atoms with Crippen molar-refractivity contribution < 1.29 is 18.3 Å². The quantitative estimate of drug-likeness (QED) is 0.670. The lowest BCUT2D eigenvalue weighted by Gasteiger charge is -2.13. The van der Waals surface area contributed by atoms with E-state index in [9.17, 15) is 13.2 Å². The zero-order valence-corrected chi connectivity index (χ0v) is 13.4. The lowest BCUT2D eigenvalue weighted by Crippen LogP contribution is -2.17. The molecule has 0 radical (unpaired) electrons. The molecule has 0 fully saturated rings. The van der Waals surface area contributed by atoms with Crippen molar-refractivity contribution >= 4 is 15.8 Å². The monoisotopic (exact) mass is 308 g/mol. The van der Waals surface area contributed by atoms with Crippen LogP contribution < -0.4 is 0 Å². The molecule has 1 aromatic carbocycles. The molecule has 0 heterocycles. The highest BCUT2D eigenvalue weighted by Crippen LogP contribution is 2.22. The van der Waals surface area contributed by atoms with Crippen LogP contribution in [0.1, 0.15) is 25.0 Å². The summed E-state index contributed by atoms with van der Waals surface area (Å²) in [5.74, 6) is -1.06. The van der Waals surface area contributed by atoms with Gasteiger partial charge in [-0.25, -0.2) is 13.2 Å². The summed E-state index contributed by atoms with van der Waals surface area (Å²) in [5.41, 5.74) is 2.32. The molecule has 0 aliphatic heterocycles. The second-order valence-electron chi connectivity index (χ2n) is 5.10. The number of carboxylic acid groups (broad SMARTS) is 1. The molecule has 0 spiro atoms. The van der Waals surface area contributed by atoms with E-state index in [2.05, 4.69) is 0 Å². The van der Waals surface area contributed by atoms with Crippen LogP contribution in [0.4, 0.5) is 0 Å². The molecule has 1 rings (SSSR count). The van der Waals surface area contributed by atoms with Gasteiger partial charge in [0.05, 0.1) is 10.1 Å². The maximum Gasteiger partial charge on any atom is 0.328 e. The standard InChI is InChI=1S/C16H20O4S/c1-11-5-7-15(13(3)9-11)21(19,20)14(4)10-12(2)6-8-16(17)18/h5-10,14H,1-4H3,(H,17,18)/b8-6+,12-10+. The molecule has 0 bridgehead atoms. The van der Waals surface area contributed by atoms with Crippen LogP contribution in [0.15, 0.2) is 46.9 Å². The molecular formula is C16H20O4S. The molecule has 0 saturated carbocycles. The van der Waals surface area contributed by atoms with Crippen LogP contribution in [0.5, 0.6) is 0 Å². The van der Waals surface area contributed by atoms with Gasteiger partial charge in [-0.2, -0.15) is 0 Å². The Morgan fingerprint density at radius 2 is 1.86 bits per heavy atom. The van der Waals surface area contributed by atoms with Crippen LogP contribution in [-0.2, 0) is 14.6 Å². The normalized spacial score (nSPS) is 14.4. The molecule has 0 saturated heterocycles. The molecule has 0 aliphatic carbocycles. The highest BCUT2D eigenvalue weighted by Gasteiger charge is 2.23. The minimum Gasteiger partial charge on any atom is -0.478 e. The van der Waals surface area contributed by atoms with E-state index in [1.54, 1.807) is 39.0 Å². The van der Waals surface area contributed by atoms with Gasteiger partial charge < -0.3 is 5.11 Å². The van der Waals surface area contributed by atoms with Crippen LogP contribution in [0, 0.1) is 13.8 Å². The number of hydrogen-bond donors (Lipinski definition) is 1. The first-order valence-electron chi connectivity index (χ1n) is 6.55. The lowest BCUT2D eigenvalue weighted by molar-refractivity contribution is -0.131. The average Bonchev–Trinajstić information content (AvgIpc) is 2.35. The fraction of sp³-hybridized carbons (Fsp3) is 0.312. The maximum absolute atomic E-state index is 12.6. The Balaban J connectivity index is 3.13. The second kappa shape index (κ2) is 6.72. The number of carbonyl (C=O) groups is 1. The molecule has 5 heteroatoms. The SMILES string of the molecule is CC(/C=C/C(=O)O)=C\C(C)S(=O)(=O)c1ccc(C)cc1C. The van der Waals surface area contributed by atoms with E-state index in [-0.39, 0.29) is 0 Å². The summed E-state index contributed by atoms with van der Waals surface area (Å²) in [6.07, 6.45) is 3.92. The van der Waals surface area contributed by atoms with E-state index < -0.39 is 21.1 Å². The van der Waals surface area contributed by atoms with Gasteiger partial charge in [-0.05, 0) is 39.3 Å². The summed E-state index contributed by atoms with van der Waals surface area (Å²) in [5, 5.41) is 7.84. The Morgan fingerprint density at radius 3 is 2.38 bits per heavy atom. The number of rotatable bonds is 5. The summed E-state index contributed by atoms with van der Waals surface area (Å²) in [4.78, 5) is 10.8. The number of benzene rings is 1. The van der Waals surface area contributed by atoms with E-state index in [1.807, 2.05) is 13.0 Å². The largest absolute Gasteiger partial charge is 0.478 e. The van der Waals surface area contributed by atoms with Gasteiger partial charge in [0.25, 0.3) is 0 Å². The average molecular weight is 308 g/mol. The predicted molar refractivity (Wildman–Crippen MR) is 83.1 cm³/mol. The van der Waals surface area contributed by atoms with Gasteiger partial charge in [0, 0.05) is 6.08 Å². The van der Waals surface area contributed by atoms with Crippen LogP contribution in [0.25, 0.3) is 0 Å². The number of allylic oxidation sites excluding steroid dienone is 2. The number of aliphatic carboxylic acids is 1. The van der Waals surface area contributed by atoms with E-state index in [1.165, 1.54) is 6.08 Å². The Kier molecular flexibility index (Phi) is 5.49. The molecule has 1 aromatic rings. The first kappa shape index (κ1) is 17.2. The second-order valence-corrected chi connectivity index (χ2v) is 7.37. The van der Waals surface area contributed by atoms with Gasteiger partial charge in [0.2, 0.25) is 0 Å². The van der Waals surface area contributed by atoms with Crippen molar-refractivity contribution in [3.63, 3.8) is 0 Å². The molecular weight excluding hydrogens is 288 g/mol. The highest BCUT2D eigenvalue weighted by atomic mass is 32.2. The van der Waals surface area contributed by atoms with E-state index in [4.69, 9.17) is 5.11 Å². The predicted octanol–water partition coefficient (Wildman–Crippen LogP) is 3.05. The van der Waals surface area contributed by atoms with E-state index in [0.717, 1.165) is 11.6 Å². The Hall–Kier alpha value is -1.88. The maximum atomic E-state index is 12.6. The molecule has 1 atom stereocenters. The van der Waals surface area contributed by atoms with Gasteiger partial charge in [0.1, 0.15) is 0 Å². The van der Waals surface area contributed by atoms with E-state index >= 15 is 0 Å². The Bertz CT molecular complexity index is 697. The molecule has 0 aliphatic rings. The fourth-order valence-corrected chi connectivity index (χ4v) is 3.60. The number of carboxylic acids is 1. The van der Waals surface area contributed by atoms with Crippen LogP contribution in [-0.4, -0.2) is 24.7 Å². The molecule has 1 N–H and O–H groups in total. The van der Waals surface area contributed by atoms with Crippen molar-refractivity contribution in [1.82, 2.24) is 0 Å². The van der Waals surface area contributed by atoms with Crippen LogP contribution in [0.2, 0.25) is 0 Å². The van der Waals surface area contributed by atoms with Crippen LogP contribution >= 0.6 is 0 Å². The summed E-state index contributed by atoms with van der Waals surface area (Å²) in [6.45, 7) is 6.95. The van der Waals surface area contributed by atoms with Crippen molar-refractivity contribution in [1.29, 1.82) is 0 Å². The van der Waals surface area contributed by atoms with Gasteiger partial charge in [-0.1, -0.05) is 35.4 Å². The summed E-state index contributed by atoms with van der Waals surface area (Å²) < 4.78 is 25.1. The molecule has 4 nitrogen and oxygen atoms in total. The van der Waals surface area contributed by atoms with Crippen molar-refractivity contribution in [3.8, 4) is 0 Å². The topological polar surface area (TPSA) is 71.4 Å². The highest BCUT2D eigenvalue weighted by molar-refractivity contribution is 7.92. The third-order valence-corrected chi connectivity index (χ3v) is 5.30. The zero-order chi connectivity index (χ0) is 16.2. The van der Waals surface area contributed by atoms with Gasteiger partial charge >= 0.3 is 5.97 Å². The molecule has 0 amide bonds. The minimum atomic E-state index is -3.48. The summed E-state index contributed by atoms with van der Waals surface area (Å²) >= 11 is 0. The minimum absolute atomic E-state index is 0.312. The first-order chi connectivity index (χ1) is 9.64. The Morgan fingerprint density at radius 1 is 1.24 bits per heavy atom. The van der Waals surface area contributed by atoms with Gasteiger partial charge in [-0.15, -0.1) is 0 Å². The van der Waals surface area contributed by atoms with Crippen LogP contribution in [0.3, 0.4) is 0 Å². The molecule has 1 unspecified atom stereocenters. The zero-order valence-electron chi connectivity index (χ0n) is 12.6. The van der Waals surface area contributed by atoms with E-state index in [0.29, 0.717) is 16.0 Å². The van der Waals surface area contributed by atoms with Crippen molar-refractivity contribution in [3.05, 3.63) is 53.1 Å². The van der Waals surface area contributed by atoms with Gasteiger partial charge in [0.15, 0.2) is 9.84 Å². The molecule has 21 heavy (non-hydrogen) atoms. The van der Waals surface area contributed by atoms with Crippen molar-refractivity contribution in [2.75, 3.05) is 0 Å². The molecule has 114 valence electrons. The fourth-order valence-electron chi connectivity index (χ4n) is 2.04. The van der Waals surface area contributed by atoms with Crippen molar-refractivity contribution in [2.24, 2.45) is 0 Å². The number of sulfone groups is 1. The summed E-state index contributed by atoms with van der Waals surface area (Å²) in [6, 6.07) is 5.22. The lowest BCUT2D eigenvalue weighted by atomic mass is 10.2. The number of aryl methyl sites for hydroxylation is 2. The third-order valence-electron chi connectivity index (χ3n) is 3.11.